The summed E-state index contributed by atoms with van der Waals surface area (Å²) in [7, 11) is 3.57. The van der Waals surface area contributed by atoms with Gasteiger partial charge in [0.2, 0.25) is 0 Å². The number of thioether (sulfide) groups is 1. The number of rotatable bonds is 6. The van der Waals surface area contributed by atoms with Crippen molar-refractivity contribution in [1.82, 2.24) is 25.0 Å². The normalized spacial score (nSPS) is 12.2. The van der Waals surface area contributed by atoms with Crippen LogP contribution < -0.4 is 5.32 Å². The van der Waals surface area contributed by atoms with Crippen LogP contribution in [0.25, 0.3) is 0 Å². The molecule has 1 unspecified atom stereocenters. The van der Waals surface area contributed by atoms with Crippen LogP contribution in [-0.4, -0.2) is 50.8 Å². The predicted octanol–water partition coefficient (Wildman–Crippen LogP) is 1.10. The van der Waals surface area contributed by atoms with E-state index in [2.05, 4.69) is 21.7 Å². The molecule has 1 aromatic rings. The Bertz CT molecular complexity index is 381. The third-order valence-electron chi connectivity index (χ3n) is 2.66. The van der Waals surface area contributed by atoms with E-state index >= 15 is 0 Å². The monoisotopic (exact) mass is 271 g/mol. The minimum absolute atomic E-state index is 0.0772. The van der Waals surface area contributed by atoms with E-state index in [1.165, 1.54) is 6.33 Å². The number of urea groups is 1. The lowest BCUT2D eigenvalue weighted by molar-refractivity contribution is 0.201. The molecular formula is C11H21N5OS. The lowest BCUT2D eigenvalue weighted by atomic mass is 10.3. The molecule has 0 radical (unpaired) electrons. The van der Waals surface area contributed by atoms with E-state index in [0.29, 0.717) is 6.54 Å². The maximum atomic E-state index is 11.9. The van der Waals surface area contributed by atoms with Crippen LogP contribution in [0.4, 0.5) is 4.79 Å². The molecule has 0 aromatic carbocycles. The fourth-order valence-electron chi connectivity index (χ4n) is 1.43. The Kier molecular flexibility index (Phi) is 5.97. The summed E-state index contributed by atoms with van der Waals surface area (Å²) < 4.78 is 1.67. The van der Waals surface area contributed by atoms with Gasteiger partial charge in [0.15, 0.2) is 0 Å². The van der Waals surface area contributed by atoms with Crippen LogP contribution in [0.15, 0.2) is 6.33 Å². The molecule has 0 aliphatic carbocycles. The smallest absolute Gasteiger partial charge is 0.317 e. The molecule has 1 aromatic heterocycles. The van der Waals surface area contributed by atoms with Crippen LogP contribution in [0.2, 0.25) is 0 Å². The first-order valence-electron chi connectivity index (χ1n) is 5.88. The third kappa shape index (κ3) is 4.56. The highest BCUT2D eigenvalue weighted by Crippen LogP contribution is 2.02. The molecule has 0 saturated heterocycles. The third-order valence-corrected chi connectivity index (χ3v) is 3.30. The van der Waals surface area contributed by atoms with E-state index in [-0.39, 0.29) is 12.1 Å². The molecular weight excluding hydrogens is 250 g/mol. The molecule has 0 saturated carbocycles. The molecule has 0 aliphatic heterocycles. The highest BCUT2D eigenvalue weighted by molar-refractivity contribution is 7.98. The lowest BCUT2D eigenvalue weighted by Crippen LogP contribution is -2.42. The zero-order valence-electron chi connectivity index (χ0n) is 11.4. The summed E-state index contributed by atoms with van der Waals surface area (Å²) in [6, 6.07) is 0.110. The van der Waals surface area contributed by atoms with Gasteiger partial charge in [0.1, 0.15) is 12.2 Å². The van der Waals surface area contributed by atoms with E-state index in [4.69, 9.17) is 0 Å². The van der Waals surface area contributed by atoms with Crippen LogP contribution in [-0.2, 0) is 13.6 Å². The lowest BCUT2D eigenvalue weighted by Gasteiger charge is -2.20. The van der Waals surface area contributed by atoms with Gasteiger partial charge in [-0.15, -0.1) is 0 Å². The van der Waals surface area contributed by atoms with Gasteiger partial charge in [-0.25, -0.2) is 9.78 Å². The molecule has 0 aliphatic rings. The number of hydrogen-bond donors (Lipinski definition) is 1. The van der Waals surface area contributed by atoms with Gasteiger partial charge in [0.05, 0.1) is 6.54 Å². The van der Waals surface area contributed by atoms with Crippen molar-refractivity contribution in [2.24, 2.45) is 7.05 Å². The summed E-state index contributed by atoms with van der Waals surface area (Å²) in [5.74, 6) is 1.82. The SMILES string of the molecule is CSCCC(C)NC(=O)N(C)Cc1ncnn1C. The molecule has 1 rings (SSSR count). The summed E-state index contributed by atoms with van der Waals surface area (Å²) in [6.07, 6.45) is 4.53. The Morgan fingerprint density at radius 2 is 2.39 bits per heavy atom. The average Bonchev–Trinajstić information content (AvgIpc) is 2.72. The van der Waals surface area contributed by atoms with Gasteiger partial charge in [-0.05, 0) is 25.4 Å². The fraction of sp³-hybridized carbons (Fsp3) is 0.727. The van der Waals surface area contributed by atoms with Crippen molar-refractivity contribution in [3.63, 3.8) is 0 Å². The van der Waals surface area contributed by atoms with Crippen molar-refractivity contribution >= 4 is 17.8 Å². The topological polar surface area (TPSA) is 63.1 Å². The first kappa shape index (κ1) is 14.8. The average molecular weight is 271 g/mol. The Morgan fingerprint density at radius 1 is 1.67 bits per heavy atom. The van der Waals surface area contributed by atoms with Crippen LogP contribution in [0, 0.1) is 0 Å². The standard InChI is InChI=1S/C11H21N5OS/c1-9(5-6-18-4)14-11(17)15(2)7-10-12-8-13-16(10)3/h8-9H,5-7H2,1-4H3,(H,14,17). The summed E-state index contributed by atoms with van der Waals surface area (Å²) in [6.45, 7) is 2.47. The van der Waals surface area contributed by atoms with Crippen molar-refractivity contribution in [2.45, 2.75) is 25.9 Å². The molecule has 0 spiro atoms. The Labute approximate surface area is 112 Å². The minimum Gasteiger partial charge on any atom is -0.336 e. The van der Waals surface area contributed by atoms with E-state index < -0.39 is 0 Å². The zero-order chi connectivity index (χ0) is 13.5. The van der Waals surface area contributed by atoms with Crippen molar-refractivity contribution in [2.75, 3.05) is 19.1 Å². The van der Waals surface area contributed by atoms with Gasteiger partial charge in [-0.3, -0.25) is 4.68 Å². The first-order valence-corrected chi connectivity index (χ1v) is 7.27. The highest BCUT2D eigenvalue weighted by atomic mass is 32.2. The second-order valence-corrected chi connectivity index (χ2v) is 5.27. The Hall–Kier alpha value is -1.24. The fourth-order valence-corrected chi connectivity index (χ4v) is 2.02. The van der Waals surface area contributed by atoms with Gasteiger partial charge in [-0.1, -0.05) is 0 Å². The quantitative estimate of drug-likeness (QED) is 0.841. The molecule has 1 heterocycles. The van der Waals surface area contributed by atoms with Crippen LogP contribution >= 0.6 is 11.8 Å². The van der Waals surface area contributed by atoms with Gasteiger partial charge in [0.25, 0.3) is 0 Å². The molecule has 1 atom stereocenters. The van der Waals surface area contributed by atoms with Crippen LogP contribution in [0.1, 0.15) is 19.2 Å². The summed E-state index contributed by atoms with van der Waals surface area (Å²) in [4.78, 5) is 17.6. The summed E-state index contributed by atoms with van der Waals surface area (Å²) in [5, 5.41) is 6.94. The largest absolute Gasteiger partial charge is 0.336 e. The molecule has 0 fully saturated rings. The van der Waals surface area contributed by atoms with E-state index in [0.717, 1.165) is 18.0 Å². The number of carbonyl (C=O) groups is 1. The van der Waals surface area contributed by atoms with E-state index in [1.54, 1.807) is 28.4 Å². The van der Waals surface area contributed by atoms with Crippen LogP contribution in [0.3, 0.4) is 0 Å². The van der Waals surface area contributed by atoms with Crippen molar-refractivity contribution < 1.29 is 4.79 Å². The maximum Gasteiger partial charge on any atom is 0.317 e. The number of nitrogens with one attached hydrogen (secondary N) is 1. The predicted molar refractivity (Wildman–Crippen MR) is 73.5 cm³/mol. The van der Waals surface area contributed by atoms with Crippen LogP contribution in [0.5, 0.6) is 0 Å². The molecule has 1 N–H and O–H groups in total. The molecule has 102 valence electrons. The molecule has 0 bridgehead atoms. The molecule has 6 nitrogen and oxygen atoms in total. The van der Waals surface area contributed by atoms with Crippen molar-refractivity contribution in [3.05, 3.63) is 12.2 Å². The van der Waals surface area contributed by atoms with Gasteiger partial charge in [0, 0.05) is 20.1 Å². The van der Waals surface area contributed by atoms with E-state index in [9.17, 15) is 4.79 Å². The maximum absolute atomic E-state index is 11.9. The van der Waals surface area contributed by atoms with Gasteiger partial charge < -0.3 is 10.2 Å². The minimum atomic E-state index is -0.0772. The second kappa shape index (κ2) is 7.25. The summed E-state index contributed by atoms with van der Waals surface area (Å²) in [5.41, 5.74) is 0. The summed E-state index contributed by atoms with van der Waals surface area (Å²) >= 11 is 1.78. The Balaban J connectivity index is 2.39. The number of amides is 2. The van der Waals surface area contributed by atoms with E-state index in [1.807, 2.05) is 14.0 Å². The Morgan fingerprint density at radius 3 is 2.94 bits per heavy atom. The molecule has 18 heavy (non-hydrogen) atoms. The van der Waals surface area contributed by atoms with Gasteiger partial charge in [-0.2, -0.15) is 16.9 Å². The van der Waals surface area contributed by atoms with Crippen molar-refractivity contribution in [1.29, 1.82) is 0 Å². The number of nitrogens with zero attached hydrogens (tertiary/aromatic N) is 4. The molecule has 7 heteroatoms. The first-order chi connectivity index (χ1) is 8.54. The number of carbonyl (C=O) groups excluding carboxylic acids is 1. The number of hydrogen-bond acceptors (Lipinski definition) is 4. The highest BCUT2D eigenvalue weighted by Gasteiger charge is 2.13. The van der Waals surface area contributed by atoms with Crippen molar-refractivity contribution in [3.8, 4) is 0 Å². The second-order valence-electron chi connectivity index (χ2n) is 4.29. The number of aryl methyl sites for hydroxylation is 1. The number of aromatic nitrogens is 3. The zero-order valence-corrected chi connectivity index (χ0v) is 12.2. The molecule has 2 amide bonds. The van der Waals surface area contributed by atoms with Gasteiger partial charge >= 0.3 is 6.03 Å².